The smallest absolute Gasteiger partial charge is 0.232 e. The van der Waals surface area contributed by atoms with Gasteiger partial charge in [-0.15, -0.1) is 11.3 Å². The normalized spacial score (nSPS) is 10.3. The van der Waals surface area contributed by atoms with Crippen molar-refractivity contribution in [2.45, 2.75) is 6.54 Å². The van der Waals surface area contributed by atoms with Crippen LogP contribution in [0.25, 0.3) is 0 Å². The number of methoxy groups -OCH3 is 1. The van der Waals surface area contributed by atoms with E-state index in [9.17, 15) is 0 Å². The van der Waals surface area contributed by atoms with Crippen molar-refractivity contribution >= 4 is 33.2 Å². The van der Waals surface area contributed by atoms with Crippen LogP contribution in [-0.4, -0.2) is 24.1 Å². The van der Waals surface area contributed by atoms with E-state index in [2.05, 4.69) is 37.3 Å². The molecule has 0 amide bonds. The van der Waals surface area contributed by atoms with Crippen molar-refractivity contribution < 1.29 is 4.74 Å². The molecule has 0 aromatic carbocycles. The first-order valence-electron chi connectivity index (χ1n) is 5.00. The van der Waals surface area contributed by atoms with Gasteiger partial charge in [-0.3, -0.25) is 0 Å². The molecule has 2 aromatic rings. The summed E-state index contributed by atoms with van der Waals surface area (Å²) in [6.45, 7) is 0.794. The molecule has 0 aliphatic carbocycles. The summed E-state index contributed by atoms with van der Waals surface area (Å²) < 4.78 is 5.91. The highest BCUT2D eigenvalue weighted by atomic mass is 79.9. The third-order valence-electron chi connectivity index (χ3n) is 2.21. The Bertz CT molecular complexity index is 489. The molecule has 0 atom stereocenters. The molecule has 2 rings (SSSR count). The third-order valence-corrected chi connectivity index (χ3v) is 3.61. The van der Waals surface area contributed by atoms with E-state index in [0.717, 1.165) is 11.0 Å². The zero-order valence-corrected chi connectivity index (χ0v) is 12.0. The molecule has 0 radical (unpaired) electrons. The fourth-order valence-electron chi connectivity index (χ4n) is 1.38. The molecule has 6 heteroatoms. The molecular weight excluding hydrogens is 302 g/mol. The van der Waals surface area contributed by atoms with Crippen LogP contribution in [0, 0.1) is 0 Å². The van der Waals surface area contributed by atoms with Crippen LogP contribution in [-0.2, 0) is 6.54 Å². The zero-order chi connectivity index (χ0) is 12.3. The lowest BCUT2D eigenvalue weighted by atomic mass is 10.4. The van der Waals surface area contributed by atoms with Crippen molar-refractivity contribution in [1.29, 1.82) is 0 Å². The van der Waals surface area contributed by atoms with Gasteiger partial charge in [-0.2, -0.15) is 4.98 Å². The largest absolute Gasteiger partial charge is 0.480 e. The van der Waals surface area contributed by atoms with E-state index >= 15 is 0 Å². The van der Waals surface area contributed by atoms with Gasteiger partial charge in [0.2, 0.25) is 11.8 Å². The molecule has 2 aromatic heterocycles. The van der Waals surface area contributed by atoms with Gasteiger partial charge < -0.3 is 9.64 Å². The maximum absolute atomic E-state index is 5.15. The summed E-state index contributed by atoms with van der Waals surface area (Å²) in [4.78, 5) is 11.8. The van der Waals surface area contributed by atoms with Gasteiger partial charge in [0.15, 0.2) is 0 Å². The van der Waals surface area contributed by atoms with E-state index in [4.69, 9.17) is 4.74 Å². The molecule has 17 heavy (non-hydrogen) atoms. The van der Waals surface area contributed by atoms with Crippen molar-refractivity contribution in [2.75, 3.05) is 19.1 Å². The van der Waals surface area contributed by atoms with E-state index in [1.165, 1.54) is 4.88 Å². The summed E-state index contributed by atoms with van der Waals surface area (Å²) in [6, 6.07) is 4.13. The molecule has 0 unspecified atom stereocenters. The van der Waals surface area contributed by atoms with Crippen LogP contribution in [0.5, 0.6) is 5.88 Å². The van der Waals surface area contributed by atoms with Crippen LogP contribution in [0.4, 0.5) is 5.95 Å². The topological polar surface area (TPSA) is 38.2 Å². The number of aromatic nitrogens is 2. The highest BCUT2D eigenvalue weighted by Crippen LogP contribution is 2.23. The van der Waals surface area contributed by atoms with Gasteiger partial charge in [0.05, 0.1) is 24.3 Å². The predicted molar refractivity (Wildman–Crippen MR) is 72.7 cm³/mol. The van der Waals surface area contributed by atoms with Gasteiger partial charge >= 0.3 is 0 Å². The quantitative estimate of drug-likeness (QED) is 0.870. The van der Waals surface area contributed by atoms with Gasteiger partial charge in [-0.25, -0.2) is 4.98 Å². The maximum Gasteiger partial charge on any atom is 0.232 e. The Morgan fingerprint density at radius 1 is 1.53 bits per heavy atom. The molecule has 0 fully saturated rings. The summed E-state index contributed by atoms with van der Waals surface area (Å²) >= 11 is 5.06. The SMILES string of the molecule is COc1nc(N(C)Cc2cccs2)ncc1Br. The number of halogens is 1. The Morgan fingerprint density at radius 3 is 3.00 bits per heavy atom. The van der Waals surface area contributed by atoms with E-state index in [0.29, 0.717) is 11.8 Å². The lowest BCUT2D eigenvalue weighted by Crippen LogP contribution is -2.18. The van der Waals surface area contributed by atoms with Crippen molar-refractivity contribution in [3.05, 3.63) is 33.1 Å². The third kappa shape index (κ3) is 2.95. The van der Waals surface area contributed by atoms with Gasteiger partial charge in [-0.05, 0) is 27.4 Å². The monoisotopic (exact) mass is 313 g/mol. The molecule has 2 heterocycles. The lowest BCUT2D eigenvalue weighted by Gasteiger charge is -2.16. The number of thiophene rings is 1. The second kappa shape index (κ2) is 5.46. The molecule has 4 nitrogen and oxygen atoms in total. The molecule has 90 valence electrons. The van der Waals surface area contributed by atoms with Gasteiger partial charge in [0.1, 0.15) is 0 Å². The average Bonchev–Trinajstić information content (AvgIpc) is 2.82. The number of hydrogen-bond acceptors (Lipinski definition) is 5. The number of rotatable bonds is 4. The summed E-state index contributed by atoms with van der Waals surface area (Å²) in [6.07, 6.45) is 1.70. The first kappa shape index (κ1) is 12.3. The minimum atomic E-state index is 0.549. The standard InChI is InChI=1S/C11H12BrN3OS/c1-15(7-8-4-3-5-17-8)11-13-6-9(12)10(14-11)16-2/h3-6H,7H2,1-2H3. The van der Waals surface area contributed by atoms with Crippen molar-refractivity contribution in [1.82, 2.24) is 9.97 Å². The molecule has 0 saturated heterocycles. The van der Waals surface area contributed by atoms with E-state index in [-0.39, 0.29) is 0 Å². The summed E-state index contributed by atoms with van der Waals surface area (Å²) in [5.74, 6) is 1.20. The first-order valence-corrected chi connectivity index (χ1v) is 6.68. The summed E-state index contributed by atoms with van der Waals surface area (Å²) in [5, 5.41) is 2.06. The number of ether oxygens (including phenoxy) is 1. The van der Waals surface area contributed by atoms with E-state index < -0.39 is 0 Å². The number of hydrogen-bond donors (Lipinski definition) is 0. The maximum atomic E-state index is 5.15. The van der Waals surface area contributed by atoms with Crippen LogP contribution in [0.3, 0.4) is 0 Å². The van der Waals surface area contributed by atoms with Crippen molar-refractivity contribution in [2.24, 2.45) is 0 Å². The highest BCUT2D eigenvalue weighted by molar-refractivity contribution is 9.10. The van der Waals surface area contributed by atoms with Crippen molar-refractivity contribution in [3.8, 4) is 5.88 Å². The van der Waals surface area contributed by atoms with Crippen LogP contribution in [0.1, 0.15) is 4.88 Å². The zero-order valence-electron chi connectivity index (χ0n) is 9.55. The Kier molecular flexibility index (Phi) is 3.96. The van der Waals surface area contributed by atoms with Crippen LogP contribution >= 0.6 is 27.3 Å². The first-order chi connectivity index (χ1) is 8.20. The second-order valence-electron chi connectivity index (χ2n) is 3.46. The van der Waals surface area contributed by atoms with Gasteiger partial charge in [0.25, 0.3) is 0 Å². The summed E-state index contributed by atoms with van der Waals surface area (Å²) in [7, 11) is 3.55. The number of nitrogens with zero attached hydrogens (tertiary/aromatic N) is 3. The Labute approximate surface area is 112 Å². The molecule has 0 saturated carbocycles. The van der Waals surface area contributed by atoms with Crippen LogP contribution in [0.15, 0.2) is 28.2 Å². The number of anilines is 1. The minimum Gasteiger partial charge on any atom is -0.480 e. The van der Waals surface area contributed by atoms with Crippen LogP contribution < -0.4 is 9.64 Å². The van der Waals surface area contributed by atoms with E-state index in [1.807, 2.05) is 18.0 Å². The fraction of sp³-hybridized carbons (Fsp3) is 0.273. The average molecular weight is 314 g/mol. The molecule has 0 bridgehead atoms. The summed E-state index contributed by atoms with van der Waals surface area (Å²) in [5.41, 5.74) is 0. The fourth-order valence-corrected chi connectivity index (χ4v) is 2.49. The molecule has 0 N–H and O–H groups in total. The molecular formula is C11H12BrN3OS. The van der Waals surface area contributed by atoms with Gasteiger partial charge in [-0.1, -0.05) is 6.07 Å². The minimum absolute atomic E-state index is 0.549. The Hall–Kier alpha value is -1.14. The second-order valence-corrected chi connectivity index (χ2v) is 5.35. The predicted octanol–water partition coefficient (Wildman–Crippen LogP) is 2.95. The Morgan fingerprint density at radius 2 is 2.35 bits per heavy atom. The van der Waals surface area contributed by atoms with Crippen LogP contribution in [0.2, 0.25) is 0 Å². The molecule has 0 spiro atoms. The Balaban J connectivity index is 2.16. The molecule has 0 aliphatic rings. The highest BCUT2D eigenvalue weighted by Gasteiger charge is 2.09. The molecule has 0 aliphatic heterocycles. The lowest BCUT2D eigenvalue weighted by molar-refractivity contribution is 0.394. The van der Waals surface area contributed by atoms with Crippen molar-refractivity contribution in [3.63, 3.8) is 0 Å². The van der Waals surface area contributed by atoms with E-state index in [1.54, 1.807) is 24.6 Å². The van der Waals surface area contributed by atoms with Gasteiger partial charge in [0, 0.05) is 11.9 Å².